The summed E-state index contributed by atoms with van der Waals surface area (Å²) in [6.07, 6.45) is 12.2. The first-order valence-electron chi connectivity index (χ1n) is 21.4. The maximum Gasteiger partial charge on any atom is 0.245 e. The Hall–Kier alpha value is -2.49. The largest absolute Gasteiger partial charge is 0.393 e. The molecule has 0 spiro atoms. The number of carbonyl (C=O) groups excluding carboxylic acids is 3. The summed E-state index contributed by atoms with van der Waals surface area (Å²) in [7, 11) is 0. The highest BCUT2D eigenvalue weighted by Gasteiger charge is 2.61. The third-order valence-corrected chi connectivity index (χ3v) is 15.0. The van der Waals surface area contributed by atoms with Crippen molar-refractivity contribution in [1.82, 2.24) is 20.4 Å². The van der Waals surface area contributed by atoms with E-state index < -0.39 is 12.1 Å². The minimum absolute atomic E-state index is 0.0656. The lowest BCUT2D eigenvalue weighted by atomic mass is 9.44. The minimum Gasteiger partial charge on any atom is -0.393 e. The summed E-state index contributed by atoms with van der Waals surface area (Å²) in [5.41, 5.74) is 1.22. The zero-order valence-corrected chi connectivity index (χ0v) is 33.4. The molecule has 0 bridgehead atoms. The Morgan fingerprint density at radius 1 is 0.868 bits per heavy atom. The Morgan fingerprint density at radius 3 is 2.28 bits per heavy atom. The predicted molar refractivity (Wildman–Crippen MR) is 209 cm³/mol. The second-order valence-electron chi connectivity index (χ2n) is 18.7. The average molecular weight is 735 g/mol. The van der Waals surface area contributed by atoms with Crippen molar-refractivity contribution in [3.05, 3.63) is 35.9 Å². The molecule has 1 saturated heterocycles. The van der Waals surface area contributed by atoms with Gasteiger partial charge in [-0.2, -0.15) is 0 Å². The molecule has 9 nitrogen and oxygen atoms in total. The van der Waals surface area contributed by atoms with Crippen LogP contribution in [0.5, 0.6) is 0 Å². The predicted octanol–water partition coefficient (Wildman–Crippen LogP) is 5.71. The van der Waals surface area contributed by atoms with Gasteiger partial charge in [-0.25, -0.2) is 0 Å². The fraction of sp³-hybridized carbons (Fsp3) is 0.795. The second-order valence-corrected chi connectivity index (χ2v) is 18.7. The van der Waals surface area contributed by atoms with Crippen LogP contribution in [0, 0.1) is 40.4 Å². The first-order chi connectivity index (χ1) is 25.3. The normalized spacial score (nSPS) is 35.5. The summed E-state index contributed by atoms with van der Waals surface area (Å²) in [5.74, 6) is 2.15. The fourth-order valence-corrected chi connectivity index (χ4v) is 11.9. The summed E-state index contributed by atoms with van der Waals surface area (Å²) < 4.78 is 0. The Bertz CT molecular complexity index is 1400. The summed E-state index contributed by atoms with van der Waals surface area (Å²) >= 11 is 0. The van der Waals surface area contributed by atoms with Gasteiger partial charge in [-0.05, 0) is 110 Å². The van der Waals surface area contributed by atoms with E-state index in [0.29, 0.717) is 69.1 Å². The number of benzene rings is 1. The number of amides is 3. The fourth-order valence-electron chi connectivity index (χ4n) is 11.9. The monoisotopic (exact) mass is 735 g/mol. The number of piperazine rings is 1. The molecule has 5 aliphatic rings. The van der Waals surface area contributed by atoms with Crippen molar-refractivity contribution in [2.45, 2.75) is 155 Å². The number of nitrogens with zero attached hydrogens (tertiary/aromatic N) is 2. The smallest absolute Gasteiger partial charge is 0.245 e. The van der Waals surface area contributed by atoms with Gasteiger partial charge in [-0.3, -0.25) is 19.3 Å². The highest BCUT2D eigenvalue weighted by Crippen LogP contribution is 2.66. The molecule has 4 aliphatic carbocycles. The first kappa shape index (κ1) is 40.2. The Labute approximate surface area is 319 Å². The van der Waals surface area contributed by atoms with Crippen LogP contribution in [0.3, 0.4) is 0 Å². The Balaban J connectivity index is 1.11. The summed E-state index contributed by atoms with van der Waals surface area (Å²) in [4.78, 5) is 45.3. The summed E-state index contributed by atoms with van der Waals surface area (Å²) in [6.45, 7) is 13.6. The molecule has 5 fully saturated rings. The number of fused-ring (bicyclic) bond motifs is 5. The van der Waals surface area contributed by atoms with Gasteiger partial charge in [0.1, 0.15) is 12.1 Å². The molecule has 0 radical (unpaired) electrons. The molecule has 1 aromatic rings. The SMILES string of the molecule is CCCCCC(=O)N[C@@H](CC(C)C)C(=O)N[C@@H](Cc1ccccc1)C(=O)N1CCN([C@H]2C[C@@]3(C)[C@@H](CC[C@@H]4[C@@H]3CC[C@]3(C)[C@@H](O)CC[C@@H]43)C[C@@H]2O)CC1. The molecule has 11 atom stereocenters. The van der Waals surface area contributed by atoms with E-state index in [1.54, 1.807) is 0 Å². The zero-order valence-electron chi connectivity index (χ0n) is 33.4. The third kappa shape index (κ3) is 8.67. The van der Waals surface area contributed by atoms with Crippen LogP contribution in [0.2, 0.25) is 0 Å². The van der Waals surface area contributed by atoms with Crippen molar-refractivity contribution >= 4 is 17.7 Å². The van der Waals surface area contributed by atoms with E-state index in [1.807, 2.05) is 49.1 Å². The number of aliphatic hydroxyl groups excluding tert-OH is 2. The standard InChI is InChI=1S/C44H70N4O5/c1-6-7-9-14-40(51)45-35(25-29(2)3)41(52)46-36(26-30-12-10-8-11-13-30)42(53)48-23-21-47(22-24-48)37-28-44(5)31(27-38(37)49)15-16-32-33-17-18-39(50)43(33,4)20-19-34(32)44/h8,10-13,29,31-39,49-50H,6-7,9,14-28H2,1-5H3,(H,45,51)(H,46,52)/t31-,32-,33-,34-,35-,36-,37-,38-,39-,43-,44-/m0/s1. The van der Waals surface area contributed by atoms with Gasteiger partial charge < -0.3 is 25.7 Å². The molecule has 9 heteroatoms. The van der Waals surface area contributed by atoms with Crippen LogP contribution in [-0.4, -0.2) is 94.2 Å². The molecular formula is C44H70N4O5. The van der Waals surface area contributed by atoms with Gasteiger partial charge in [0.2, 0.25) is 17.7 Å². The molecular weight excluding hydrogens is 665 g/mol. The van der Waals surface area contributed by atoms with E-state index in [1.165, 1.54) is 19.3 Å². The number of hydrogen-bond acceptors (Lipinski definition) is 6. The van der Waals surface area contributed by atoms with Gasteiger partial charge >= 0.3 is 0 Å². The van der Waals surface area contributed by atoms with E-state index in [9.17, 15) is 24.6 Å². The summed E-state index contributed by atoms with van der Waals surface area (Å²) in [5, 5.41) is 28.6. The van der Waals surface area contributed by atoms with E-state index >= 15 is 0 Å². The number of aliphatic hydroxyl groups is 2. The second kappa shape index (κ2) is 17.1. The van der Waals surface area contributed by atoms with Gasteiger partial charge in [0, 0.05) is 45.1 Å². The van der Waals surface area contributed by atoms with Crippen LogP contribution in [0.4, 0.5) is 0 Å². The Morgan fingerprint density at radius 2 is 1.58 bits per heavy atom. The molecule has 1 aliphatic heterocycles. The summed E-state index contributed by atoms with van der Waals surface area (Å²) in [6, 6.07) is 8.47. The number of nitrogens with one attached hydrogen (secondary N) is 2. The van der Waals surface area contributed by atoms with E-state index in [-0.39, 0.29) is 52.7 Å². The van der Waals surface area contributed by atoms with Crippen molar-refractivity contribution in [1.29, 1.82) is 0 Å². The number of unbranched alkanes of at least 4 members (excludes halogenated alkanes) is 2. The molecule has 1 aromatic carbocycles. The average Bonchev–Trinajstić information content (AvgIpc) is 3.45. The van der Waals surface area contributed by atoms with Crippen molar-refractivity contribution in [2.24, 2.45) is 40.4 Å². The highest BCUT2D eigenvalue weighted by atomic mass is 16.3. The molecule has 53 heavy (non-hydrogen) atoms. The van der Waals surface area contributed by atoms with Crippen molar-refractivity contribution in [3.8, 4) is 0 Å². The van der Waals surface area contributed by atoms with E-state index in [2.05, 4.69) is 36.3 Å². The molecule has 3 amide bonds. The third-order valence-electron chi connectivity index (χ3n) is 15.0. The number of carbonyl (C=O) groups is 3. The topological polar surface area (TPSA) is 122 Å². The van der Waals surface area contributed by atoms with E-state index in [4.69, 9.17) is 0 Å². The van der Waals surface area contributed by atoms with Crippen molar-refractivity contribution < 1.29 is 24.6 Å². The Kier molecular flexibility index (Phi) is 13.0. The lowest BCUT2D eigenvalue weighted by Gasteiger charge is -2.62. The van der Waals surface area contributed by atoms with Crippen LogP contribution in [0.15, 0.2) is 30.3 Å². The zero-order chi connectivity index (χ0) is 37.9. The van der Waals surface area contributed by atoms with Gasteiger partial charge in [0.05, 0.1) is 12.2 Å². The first-order valence-corrected chi connectivity index (χ1v) is 21.4. The van der Waals surface area contributed by atoms with Crippen LogP contribution in [0.25, 0.3) is 0 Å². The van der Waals surface area contributed by atoms with Crippen LogP contribution in [0.1, 0.15) is 124 Å². The molecule has 4 saturated carbocycles. The van der Waals surface area contributed by atoms with Gasteiger partial charge in [-0.1, -0.05) is 77.8 Å². The van der Waals surface area contributed by atoms with E-state index in [0.717, 1.165) is 56.9 Å². The number of hydrogen-bond donors (Lipinski definition) is 4. The van der Waals surface area contributed by atoms with Gasteiger partial charge in [0.15, 0.2) is 0 Å². The van der Waals surface area contributed by atoms with Crippen LogP contribution in [-0.2, 0) is 20.8 Å². The number of rotatable bonds is 13. The van der Waals surface area contributed by atoms with Crippen LogP contribution < -0.4 is 10.6 Å². The molecule has 0 unspecified atom stereocenters. The van der Waals surface area contributed by atoms with Gasteiger partial charge in [-0.15, -0.1) is 0 Å². The highest BCUT2D eigenvalue weighted by molar-refractivity contribution is 5.92. The molecule has 1 heterocycles. The van der Waals surface area contributed by atoms with Crippen LogP contribution >= 0.6 is 0 Å². The minimum atomic E-state index is -0.742. The molecule has 6 rings (SSSR count). The maximum atomic E-state index is 14.3. The lowest BCUT2D eigenvalue weighted by Crippen LogP contribution is -2.63. The van der Waals surface area contributed by atoms with Gasteiger partial charge in [0.25, 0.3) is 0 Å². The lowest BCUT2D eigenvalue weighted by molar-refractivity contribution is -0.157. The quantitative estimate of drug-likeness (QED) is 0.193. The maximum absolute atomic E-state index is 14.3. The molecule has 296 valence electrons. The molecule has 0 aromatic heterocycles. The van der Waals surface area contributed by atoms with Crippen molar-refractivity contribution in [2.75, 3.05) is 26.2 Å². The van der Waals surface area contributed by atoms with Crippen molar-refractivity contribution in [3.63, 3.8) is 0 Å². The molecule has 4 N–H and O–H groups in total.